The smallest absolute Gasteiger partial charge is 0.238 e. The van der Waals surface area contributed by atoms with Crippen LogP contribution in [-0.2, 0) is 29.4 Å². The highest BCUT2D eigenvalue weighted by atomic mass is 32.2. The van der Waals surface area contributed by atoms with Crippen molar-refractivity contribution in [3.8, 4) is 10.6 Å². The molecule has 0 spiro atoms. The van der Waals surface area contributed by atoms with Crippen molar-refractivity contribution in [3.63, 3.8) is 0 Å². The number of hydrogen-bond acceptors (Lipinski definition) is 5. The lowest BCUT2D eigenvalue weighted by molar-refractivity contribution is 0.598. The average Bonchev–Trinajstić information content (AvgIpc) is 3.28. The lowest BCUT2D eigenvalue weighted by Crippen LogP contribution is -2.20. The van der Waals surface area contributed by atoms with Gasteiger partial charge in [0.2, 0.25) is 10.0 Å². The SMILES string of the molecule is CCc1ccc(-c2nc(CN3CCc4ccc(S(N)(=O)=O)cc43)cs2)cc1. The predicted octanol–water partition coefficient (Wildman–Crippen LogP) is 3.58. The molecule has 1 aliphatic heterocycles. The number of sulfonamides is 1. The van der Waals surface area contributed by atoms with Gasteiger partial charge in [0.25, 0.3) is 0 Å². The first-order valence-corrected chi connectivity index (χ1v) is 11.3. The van der Waals surface area contributed by atoms with Crippen LogP contribution >= 0.6 is 11.3 Å². The van der Waals surface area contributed by atoms with E-state index in [1.165, 1.54) is 5.56 Å². The highest BCUT2D eigenvalue weighted by Gasteiger charge is 2.22. The summed E-state index contributed by atoms with van der Waals surface area (Å²) in [7, 11) is -3.70. The average molecular weight is 400 g/mol. The summed E-state index contributed by atoms with van der Waals surface area (Å²) in [5.41, 5.74) is 5.51. The molecular weight excluding hydrogens is 378 g/mol. The fourth-order valence-corrected chi connectivity index (χ4v) is 4.71. The lowest BCUT2D eigenvalue weighted by Gasteiger charge is -2.18. The van der Waals surface area contributed by atoms with Crippen molar-refractivity contribution in [2.45, 2.75) is 31.2 Å². The molecule has 140 valence electrons. The van der Waals surface area contributed by atoms with Crippen molar-refractivity contribution in [2.24, 2.45) is 5.14 Å². The molecule has 2 heterocycles. The Bertz CT molecular complexity index is 1070. The zero-order valence-corrected chi connectivity index (χ0v) is 16.7. The van der Waals surface area contributed by atoms with Crippen molar-refractivity contribution in [1.82, 2.24) is 4.98 Å². The number of primary sulfonamides is 1. The van der Waals surface area contributed by atoms with Crippen molar-refractivity contribution in [1.29, 1.82) is 0 Å². The maximum Gasteiger partial charge on any atom is 0.238 e. The second-order valence-corrected chi connectivity index (χ2v) is 9.12. The first kappa shape index (κ1) is 18.2. The van der Waals surface area contributed by atoms with Crippen LogP contribution in [0, 0.1) is 0 Å². The molecule has 2 N–H and O–H groups in total. The maximum absolute atomic E-state index is 11.7. The van der Waals surface area contributed by atoms with E-state index < -0.39 is 10.0 Å². The number of aromatic nitrogens is 1. The summed E-state index contributed by atoms with van der Waals surface area (Å²) in [4.78, 5) is 7.10. The molecule has 7 heteroatoms. The third-order valence-electron chi connectivity index (χ3n) is 4.89. The molecular formula is C20H21N3O2S2. The van der Waals surface area contributed by atoms with Crippen molar-refractivity contribution < 1.29 is 8.42 Å². The molecule has 3 aromatic rings. The molecule has 0 saturated carbocycles. The van der Waals surface area contributed by atoms with E-state index >= 15 is 0 Å². The van der Waals surface area contributed by atoms with E-state index in [0.717, 1.165) is 46.9 Å². The summed E-state index contributed by atoms with van der Waals surface area (Å²) in [5, 5.41) is 8.36. The van der Waals surface area contributed by atoms with Gasteiger partial charge in [-0.2, -0.15) is 0 Å². The van der Waals surface area contributed by atoms with Crippen LogP contribution in [0.1, 0.15) is 23.7 Å². The van der Waals surface area contributed by atoms with Crippen LogP contribution in [0.4, 0.5) is 5.69 Å². The minimum Gasteiger partial charge on any atom is -0.365 e. The second kappa shape index (κ2) is 7.07. The van der Waals surface area contributed by atoms with Gasteiger partial charge in [0.05, 0.1) is 17.1 Å². The number of anilines is 1. The number of hydrogen-bond donors (Lipinski definition) is 1. The standard InChI is InChI=1S/C20H21N3O2S2/c1-2-14-3-5-16(6-4-14)20-22-17(13-26-20)12-23-10-9-15-7-8-18(11-19(15)23)27(21,24)25/h3-8,11,13H,2,9-10,12H2,1H3,(H2,21,24,25). The highest BCUT2D eigenvalue weighted by Crippen LogP contribution is 2.32. The second-order valence-electron chi connectivity index (χ2n) is 6.70. The van der Waals surface area contributed by atoms with Crippen LogP contribution in [0.25, 0.3) is 10.6 Å². The molecule has 0 saturated heterocycles. The highest BCUT2D eigenvalue weighted by molar-refractivity contribution is 7.89. The van der Waals surface area contributed by atoms with Crippen LogP contribution in [0.3, 0.4) is 0 Å². The van der Waals surface area contributed by atoms with Crippen LogP contribution in [0.5, 0.6) is 0 Å². The molecule has 0 radical (unpaired) electrons. The Hall–Kier alpha value is -2.22. The number of benzene rings is 2. The summed E-state index contributed by atoms with van der Waals surface area (Å²) in [5.74, 6) is 0. The van der Waals surface area contributed by atoms with Gasteiger partial charge in [0, 0.05) is 23.2 Å². The molecule has 2 aromatic carbocycles. The summed E-state index contributed by atoms with van der Waals surface area (Å²) in [6.45, 7) is 3.65. The van der Waals surface area contributed by atoms with Crippen LogP contribution in [0.15, 0.2) is 52.7 Å². The Labute approximate surface area is 163 Å². The Morgan fingerprint density at radius 3 is 2.67 bits per heavy atom. The van der Waals surface area contributed by atoms with Crippen LogP contribution < -0.4 is 10.0 Å². The fourth-order valence-electron chi connectivity index (χ4n) is 3.36. The van der Waals surface area contributed by atoms with E-state index in [9.17, 15) is 8.42 Å². The minimum absolute atomic E-state index is 0.156. The monoisotopic (exact) mass is 399 g/mol. The Balaban J connectivity index is 1.56. The van der Waals surface area contributed by atoms with Gasteiger partial charge in [0.1, 0.15) is 5.01 Å². The molecule has 5 nitrogen and oxygen atoms in total. The van der Waals surface area contributed by atoms with Crippen LogP contribution in [-0.4, -0.2) is 19.9 Å². The van der Waals surface area contributed by atoms with E-state index in [1.54, 1.807) is 23.5 Å². The van der Waals surface area contributed by atoms with E-state index in [1.807, 2.05) is 6.07 Å². The molecule has 0 aliphatic carbocycles. The number of fused-ring (bicyclic) bond motifs is 1. The maximum atomic E-state index is 11.7. The van der Waals surface area contributed by atoms with Gasteiger partial charge in [-0.25, -0.2) is 18.5 Å². The Morgan fingerprint density at radius 2 is 1.96 bits per heavy atom. The lowest BCUT2D eigenvalue weighted by atomic mass is 10.1. The molecule has 27 heavy (non-hydrogen) atoms. The minimum atomic E-state index is -3.70. The summed E-state index contributed by atoms with van der Waals surface area (Å²) in [6.07, 6.45) is 1.92. The molecule has 0 atom stereocenters. The number of nitrogens with two attached hydrogens (primary N) is 1. The van der Waals surface area contributed by atoms with Gasteiger partial charge in [0.15, 0.2) is 0 Å². The Morgan fingerprint density at radius 1 is 1.19 bits per heavy atom. The third kappa shape index (κ3) is 3.76. The molecule has 0 amide bonds. The summed E-state index contributed by atoms with van der Waals surface area (Å²) < 4.78 is 23.3. The largest absolute Gasteiger partial charge is 0.365 e. The van der Waals surface area contributed by atoms with E-state index in [4.69, 9.17) is 10.1 Å². The predicted molar refractivity (Wildman–Crippen MR) is 109 cm³/mol. The molecule has 0 fully saturated rings. The quantitative estimate of drug-likeness (QED) is 0.711. The molecule has 0 bridgehead atoms. The number of thiazole rings is 1. The van der Waals surface area contributed by atoms with Gasteiger partial charge < -0.3 is 4.90 Å². The van der Waals surface area contributed by atoms with Crippen molar-refractivity contribution >= 4 is 27.0 Å². The first-order chi connectivity index (χ1) is 12.9. The van der Waals surface area contributed by atoms with Crippen LogP contribution in [0.2, 0.25) is 0 Å². The van der Waals surface area contributed by atoms with E-state index in [-0.39, 0.29) is 4.90 Å². The molecule has 4 rings (SSSR count). The van der Waals surface area contributed by atoms with Gasteiger partial charge in [-0.3, -0.25) is 0 Å². The number of rotatable bonds is 5. The number of aryl methyl sites for hydroxylation is 1. The summed E-state index contributed by atoms with van der Waals surface area (Å²) in [6, 6.07) is 13.6. The van der Waals surface area contributed by atoms with Crippen molar-refractivity contribution in [3.05, 3.63) is 64.7 Å². The van der Waals surface area contributed by atoms with Gasteiger partial charge in [-0.05, 0) is 36.1 Å². The zero-order valence-electron chi connectivity index (χ0n) is 15.1. The van der Waals surface area contributed by atoms with Gasteiger partial charge in [-0.1, -0.05) is 37.3 Å². The van der Waals surface area contributed by atoms with Gasteiger partial charge >= 0.3 is 0 Å². The van der Waals surface area contributed by atoms with Gasteiger partial charge in [-0.15, -0.1) is 11.3 Å². The normalized spacial score (nSPS) is 13.8. The molecule has 1 aliphatic rings. The third-order valence-corrected chi connectivity index (χ3v) is 6.74. The fraction of sp³-hybridized carbons (Fsp3) is 0.250. The van der Waals surface area contributed by atoms with E-state index in [2.05, 4.69) is 41.5 Å². The topological polar surface area (TPSA) is 76.3 Å². The summed E-state index contributed by atoms with van der Waals surface area (Å²) >= 11 is 1.63. The Kier molecular flexibility index (Phi) is 4.75. The number of nitrogens with zero attached hydrogens (tertiary/aromatic N) is 2. The molecule has 0 unspecified atom stereocenters. The zero-order chi connectivity index (χ0) is 19.0. The molecule has 1 aromatic heterocycles. The first-order valence-electron chi connectivity index (χ1n) is 8.88. The van der Waals surface area contributed by atoms with E-state index in [0.29, 0.717) is 6.54 Å². The van der Waals surface area contributed by atoms with Crippen molar-refractivity contribution in [2.75, 3.05) is 11.4 Å².